The van der Waals surface area contributed by atoms with E-state index in [0.29, 0.717) is 0 Å². The topological polar surface area (TPSA) is 44.3 Å². The number of para-hydroxylation sites is 8. The molecule has 0 saturated carbocycles. The Kier molecular flexibility index (Phi) is 9.63. The van der Waals surface area contributed by atoms with E-state index in [1.807, 2.05) is 6.07 Å². The van der Waals surface area contributed by atoms with Gasteiger partial charge in [-0.3, -0.25) is 4.90 Å². The highest BCUT2D eigenvalue weighted by Gasteiger charge is 2.48. The minimum absolute atomic E-state index is 0.208. The Morgan fingerprint density at radius 3 is 1.30 bits per heavy atom. The molecule has 11 aromatic rings. The lowest BCUT2D eigenvalue weighted by Crippen LogP contribution is -2.64. The normalized spacial score (nSPS) is 13.0. The average Bonchev–Trinajstić information content (AvgIpc) is 3.46. The van der Waals surface area contributed by atoms with Gasteiger partial charge in [0.15, 0.2) is 0 Å². The average molecular weight is 948 g/mol. The maximum atomic E-state index is 7.36. The van der Waals surface area contributed by atoms with Crippen LogP contribution in [0.25, 0.3) is 0 Å². The minimum atomic E-state index is -0.283. The second-order valence-corrected chi connectivity index (χ2v) is 19.1. The molecule has 0 atom stereocenters. The number of pyridine rings is 1. The molecule has 9 heteroatoms. The third-order valence-corrected chi connectivity index (χ3v) is 14.9. The largest absolute Gasteiger partial charge is 0.458 e. The van der Waals surface area contributed by atoms with Gasteiger partial charge in [-0.1, -0.05) is 146 Å². The summed E-state index contributed by atoms with van der Waals surface area (Å²) < 4.78 is 14.3. The highest BCUT2D eigenvalue weighted by atomic mass is 16.5. The predicted octanol–water partition coefficient (Wildman–Crippen LogP) is 12.8. The second-order valence-electron chi connectivity index (χ2n) is 19.1. The van der Waals surface area contributed by atoms with Crippen molar-refractivity contribution >= 4 is 115 Å². The van der Waals surface area contributed by atoms with E-state index in [1.54, 1.807) is 0 Å². The van der Waals surface area contributed by atoms with E-state index in [0.717, 1.165) is 113 Å². The lowest BCUT2D eigenvalue weighted by atomic mass is 9.33. The molecule has 74 heavy (non-hydrogen) atoms. The standard InChI is InChI=1S/C65H43B2N5O2/c1-7-23-44(24-8-1)69(45-25-9-2-10-26-45)50-39-56-62-57(40-50)72(49-33-17-6-18-34-49)65-54(66(62)52-35-19-21-37-55(52)71(56)48-31-15-5-16-32-48)43-61-64(68-65)67-53-36-20-22-38-58(53)73-59-41-51(42-60(74-61)63(59)67)70(46-27-11-3-12-28-46)47-29-13-4-14-30-47/h1-43H. The van der Waals surface area contributed by atoms with Gasteiger partial charge >= 0.3 is 0 Å². The third-order valence-electron chi connectivity index (χ3n) is 14.9. The Morgan fingerprint density at radius 2 is 0.743 bits per heavy atom. The summed E-state index contributed by atoms with van der Waals surface area (Å²) in [7, 11) is 0. The van der Waals surface area contributed by atoms with Crippen LogP contribution in [-0.2, 0) is 0 Å². The Hall–Kier alpha value is -9.72. The van der Waals surface area contributed by atoms with Crippen LogP contribution in [0.15, 0.2) is 261 Å². The molecule has 4 aliphatic heterocycles. The van der Waals surface area contributed by atoms with Crippen molar-refractivity contribution in [3.63, 3.8) is 0 Å². The monoisotopic (exact) mass is 947 g/mol. The molecule has 0 N–H and O–H groups in total. The molecular formula is C65H43B2N5O2. The molecule has 1 aromatic heterocycles. The van der Waals surface area contributed by atoms with Crippen molar-refractivity contribution in [2.75, 3.05) is 19.6 Å². The first-order valence-corrected chi connectivity index (χ1v) is 25.2. The first-order valence-electron chi connectivity index (χ1n) is 25.2. The van der Waals surface area contributed by atoms with Gasteiger partial charge in [-0.15, -0.1) is 0 Å². The molecule has 0 amide bonds. The third kappa shape index (κ3) is 6.60. The molecule has 10 aromatic carbocycles. The van der Waals surface area contributed by atoms with E-state index < -0.39 is 0 Å². The van der Waals surface area contributed by atoms with E-state index in [9.17, 15) is 0 Å². The molecule has 4 aliphatic rings. The van der Waals surface area contributed by atoms with E-state index in [-0.39, 0.29) is 13.4 Å². The molecule has 0 aliphatic carbocycles. The van der Waals surface area contributed by atoms with Crippen molar-refractivity contribution in [2.24, 2.45) is 0 Å². The van der Waals surface area contributed by atoms with Gasteiger partial charge in [0.2, 0.25) is 0 Å². The van der Waals surface area contributed by atoms with Crippen molar-refractivity contribution < 1.29 is 9.47 Å². The fraction of sp³-hybridized carbons (Fsp3) is 0. The van der Waals surface area contributed by atoms with Crippen LogP contribution < -0.4 is 62.0 Å². The smallest absolute Gasteiger partial charge is 0.284 e. The van der Waals surface area contributed by atoms with Crippen LogP contribution in [0.1, 0.15) is 0 Å². The van der Waals surface area contributed by atoms with Gasteiger partial charge in [0.1, 0.15) is 28.8 Å². The van der Waals surface area contributed by atoms with Crippen LogP contribution in [0.4, 0.5) is 68.4 Å². The molecule has 5 heterocycles. The summed E-state index contributed by atoms with van der Waals surface area (Å²) in [6.07, 6.45) is 0. The number of hydrogen-bond donors (Lipinski definition) is 0. The number of fused-ring (bicyclic) bond motifs is 8. The van der Waals surface area contributed by atoms with Crippen molar-refractivity contribution in [3.05, 3.63) is 261 Å². The molecule has 0 radical (unpaired) electrons. The van der Waals surface area contributed by atoms with Gasteiger partial charge in [-0.25, -0.2) is 4.98 Å². The van der Waals surface area contributed by atoms with E-state index >= 15 is 0 Å². The number of ether oxygens (including phenoxy) is 2. The zero-order valence-electron chi connectivity index (χ0n) is 40.0. The predicted molar refractivity (Wildman–Crippen MR) is 305 cm³/mol. The summed E-state index contributed by atoms with van der Waals surface area (Å²) in [4.78, 5) is 15.5. The summed E-state index contributed by atoms with van der Waals surface area (Å²) in [6.45, 7) is -0.491. The number of aromatic nitrogens is 1. The number of nitrogens with zero attached hydrogens (tertiary/aromatic N) is 5. The van der Waals surface area contributed by atoms with E-state index in [4.69, 9.17) is 14.5 Å². The molecule has 0 saturated heterocycles. The maximum Gasteiger partial charge on any atom is 0.284 e. The molecule has 0 fully saturated rings. The quantitative estimate of drug-likeness (QED) is 0.141. The highest BCUT2D eigenvalue weighted by Crippen LogP contribution is 2.49. The number of hydrogen-bond acceptors (Lipinski definition) is 7. The zero-order valence-corrected chi connectivity index (χ0v) is 40.0. The van der Waals surface area contributed by atoms with Crippen LogP contribution in [0.3, 0.4) is 0 Å². The van der Waals surface area contributed by atoms with Gasteiger partial charge in [-0.05, 0) is 125 Å². The highest BCUT2D eigenvalue weighted by molar-refractivity contribution is 7.01. The van der Waals surface area contributed by atoms with Crippen LogP contribution in [0.5, 0.6) is 23.0 Å². The molecule has 0 unspecified atom stereocenters. The molecule has 346 valence electrons. The Morgan fingerprint density at radius 1 is 0.311 bits per heavy atom. The number of anilines is 12. The molecule has 0 bridgehead atoms. The fourth-order valence-corrected chi connectivity index (χ4v) is 11.8. The summed E-state index contributed by atoms with van der Waals surface area (Å²) in [5.74, 6) is 3.87. The summed E-state index contributed by atoms with van der Waals surface area (Å²) in [6, 6.07) is 92.4. The number of rotatable bonds is 8. The summed E-state index contributed by atoms with van der Waals surface area (Å²) in [5, 5.41) is 0. The van der Waals surface area contributed by atoms with Gasteiger partial charge in [0, 0.05) is 68.8 Å². The summed E-state index contributed by atoms with van der Waals surface area (Å²) in [5.41, 5.74) is 17.8. The Bertz CT molecular complexity index is 3870. The second kappa shape index (κ2) is 17.0. The molecule has 0 spiro atoms. The van der Waals surface area contributed by atoms with Crippen LogP contribution >= 0.6 is 0 Å². The van der Waals surface area contributed by atoms with E-state index in [2.05, 4.69) is 274 Å². The van der Waals surface area contributed by atoms with Gasteiger partial charge in [0.25, 0.3) is 13.4 Å². The van der Waals surface area contributed by atoms with E-state index in [1.165, 1.54) is 10.9 Å². The zero-order chi connectivity index (χ0) is 48.7. The van der Waals surface area contributed by atoms with Crippen LogP contribution in [0.2, 0.25) is 0 Å². The van der Waals surface area contributed by atoms with Crippen molar-refractivity contribution in [3.8, 4) is 23.0 Å². The van der Waals surface area contributed by atoms with Gasteiger partial charge in [0.05, 0.1) is 17.0 Å². The first-order chi connectivity index (χ1) is 36.7. The van der Waals surface area contributed by atoms with Crippen molar-refractivity contribution in [2.45, 2.75) is 0 Å². The van der Waals surface area contributed by atoms with Gasteiger partial charge in [-0.2, -0.15) is 0 Å². The Labute approximate surface area is 430 Å². The Balaban J connectivity index is 1.00. The maximum absolute atomic E-state index is 7.36. The fourth-order valence-electron chi connectivity index (χ4n) is 11.8. The SMILES string of the molecule is c1ccc(N(c2ccccc2)c2cc3c4c(c2)Oc2cc5c(nc2B4c2ccccc2O3)N(c2ccccc2)c2cc(N(c3ccccc3)c3ccccc3)cc3c2B5c2ccccc2N3c2ccccc2)cc1. The number of benzene rings is 10. The first kappa shape index (κ1) is 42.0. The lowest BCUT2D eigenvalue weighted by Gasteiger charge is -2.45. The molecule has 7 nitrogen and oxygen atoms in total. The van der Waals surface area contributed by atoms with Crippen LogP contribution in [0, 0.1) is 0 Å². The molecular weight excluding hydrogens is 904 g/mol. The molecule has 15 rings (SSSR count). The van der Waals surface area contributed by atoms with Crippen molar-refractivity contribution in [1.82, 2.24) is 4.98 Å². The summed E-state index contributed by atoms with van der Waals surface area (Å²) >= 11 is 0. The van der Waals surface area contributed by atoms with Gasteiger partial charge < -0.3 is 24.2 Å². The lowest BCUT2D eigenvalue weighted by molar-refractivity contribution is 0.464. The van der Waals surface area contributed by atoms with Crippen molar-refractivity contribution in [1.29, 1.82) is 0 Å². The minimum Gasteiger partial charge on any atom is -0.458 e. The van der Waals surface area contributed by atoms with Crippen LogP contribution in [-0.4, -0.2) is 18.4 Å².